The first-order chi connectivity index (χ1) is 14.9. The highest BCUT2D eigenvalue weighted by Gasteiger charge is 2.31. The van der Waals surface area contributed by atoms with Crippen LogP contribution in [0.1, 0.15) is 30.0 Å². The fraction of sp³-hybridized carbons (Fsp3) is 0.417. The molecule has 1 saturated heterocycles. The Labute approximate surface area is 183 Å². The number of hydrogen-bond donors (Lipinski definition) is 1. The number of likely N-dealkylation sites (tertiary alicyclic amines) is 1. The summed E-state index contributed by atoms with van der Waals surface area (Å²) < 4.78 is 10.9. The second-order valence-electron chi connectivity index (χ2n) is 7.90. The lowest BCUT2D eigenvalue weighted by atomic mass is 10.0. The number of carbonyl (C=O) groups is 2. The van der Waals surface area contributed by atoms with Gasteiger partial charge in [-0.15, -0.1) is 0 Å². The Morgan fingerprint density at radius 1 is 1.13 bits per heavy atom. The highest BCUT2D eigenvalue weighted by molar-refractivity contribution is 5.94. The van der Waals surface area contributed by atoms with Crippen LogP contribution < -0.4 is 14.8 Å². The van der Waals surface area contributed by atoms with E-state index in [1.54, 1.807) is 21.3 Å². The van der Waals surface area contributed by atoms with E-state index in [2.05, 4.69) is 10.2 Å². The predicted molar refractivity (Wildman–Crippen MR) is 121 cm³/mol. The van der Waals surface area contributed by atoms with E-state index in [9.17, 15) is 9.59 Å². The predicted octanol–water partition coefficient (Wildman–Crippen LogP) is 3.25. The third kappa shape index (κ3) is 5.76. The van der Waals surface area contributed by atoms with Crippen LogP contribution in [0.3, 0.4) is 0 Å². The van der Waals surface area contributed by atoms with Gasteiger partial charge in [0.15, 0.2) is 0 Å². The van der Waals surface area contributed by atoms with Crippen molar-refractivity contribution in [2.24, 2.45) is 0 Å². The summed E-state index contributed by atoms with van der Waals surface area (Å²) in [6.07, 6.45) is 1.93. The van der Waals surface area contributed by atoms with Crippen LogP contribution in [0, 0.1) is 6.92 Å². The Morgan fingerprint density at radius 2 is 1.87 bits per heavy atom. The third-order valence-electron chi connectivity index (χ3n) is 5.64. The zero-order valence-corrected chi connectivity index (χ0v) is 18.7. The van der Waals surface area contributed by atoms with E-state index >= 15 is 0 Å². The van der Waals surface area contributed by atoms with Gasteiger partial charge in [0.1, 0.15) is 11.5 Å². The molecule has 1 aliphatic rings. The molecule has 0 spiro atoms. The standard InChI is InChI=1S/C24H31N3O4/c1-17-7-9-18(10-8-17)25-23(28)15-26(2)24(29)16-27-13-5-6-21(27)20-14-19(30-3)11-12-22(20)31-4/h7-12,14,21H,5-6,13,15-16H2,1-4H3,(H,25,28)/t21-/m0/s1. The van der Waals surface area contributed by atoms with Crippen molar-refractivity contribution in [1.29, 1.82) is 0 Å². The summed E-state index contributed by atoms with van der Waals surface area (Å²) >= 11 is 0. The molecule has 31 heavy (non-hydrogen) atoms. The van der Waals surface area contributed by atoms with Crippen molar-refractivity contribution in [1.82, 2.24) is 9.80 Å². The molecule has 1 fully saturated rings. The van der Waals surface area contributed by atoms with Crippen LogP contribution in [0.15, 0.2) is 42.5 Å². The number of nitrogens with one attached hydrogen (secondary N) is 1. The molecule has 166 valence electrons. The number of amides is 2. The molecule has 2 amide bonds. The zero-order chi connectivity index (χ0) is 22.4. The molecule has 7 nitrogen and oxygen atoms in total. The van der Waals surface area contributed by atoms with Crippen molar-refractivity contribution in [3.8, 4) is 11.5 Å². The van der Waals surface area contributed by atoms with Crippen molar-refractivity contribution < 1.29 is 19.1 Å². The van der Waals surface area contributed by atoms with Crippen LogP contribution in [-0.2, 0) is 9.59 Å². The molecular formula is C24H31N3O4. The minimum atomic E-state index is -0.216. The Kier molecular flexibility index (Phi) is 7.52. The van der Waals surface area contributed by atoms with Gasteiger partial charge in [-0.2, -0.15) is 0 Å². The second-order valence-corrected chi connectivity index (χ2v) is 7.90. The highest BCUT2D eigenvalue weighted by Crippen LogP contribution is 2.38. The maximum atomic E-state index is 12.8. The van der Waals surface area contributed by atoms with E-state index < -0.39 is 0 Å². The fourth-order valence-electron chi connectivity index (χ4n) is 3.90. The van der Waals surface area contributed by atoms with Crippen LogP contribution in [0.2, 0.25) is 0 Å². The maximum Gasteiger partial charge on any atom is 0.243 e. The lowest BCUT2D eigenvalue weighted by Gasteiger charge is -2.27. The second kappa shape index (κ2) is 10.3. The number of ether oxygens (including phenoxy) is 2. The Balaban J connectivity index is 1.61. The van der Waals surface area contributed by atoms with Gasteiger partial charge in [-0.3, -0.25) is 14.5 Å². The van der Waals surface area contributed by atoms with Gasteiger partial charge >= 0.3 is 0 Å². The van der Waals surface area contributed by atoms with Crippen molar-refractivity contribution >= 4 is 17.5 Å². The molecule has 1 atom stereocenters. The summed E-state index contributed by atoms with van der Waals surface area (Å²) in [7, 11) is 4.95. The van der Waals surface area contributed by atoms with Crippen LogP contribution in [0.5, 0.6) is 11.5 Å². The Morgan fingerprint density at radius 3 is 2.55 bits per heavy atom. The van der Waals surface area contributed by atoms with E-state index in [0.29, 0.717) is 0 Å². The van der Waals surface area contributed by atoms with E-state index in [0.717, 1.165) is 47.7 Å². The van der Waals surface area contributed by atoms with Gasteiger partial charge in [0.2, 0.25) is 11.8 Å². The number of benzene rings is 2. The quantitative estimate of drug-likeness (QED) is 0.703. The summed E-state index contributed by atoms with van der Waals surface area (Å²) in [6, 6.07) is 13.4. The number of hydrogen-bond acceptors (Lipinski definition) is 5. The lowest BCUT2D eigenvalue weighted by Crippen LogP contribution is -2.41. The molecular weight excluding hydrogens is 394 g/mol. The monoisotopic (exact) mass is 425 g/mol. The first-order valence-electron chi connectivity index (χ1n) is 10.5. The summed E-state index contributed by atoms with van der Waals surface area (Å²) in [4.78, 5) is 28.8. The van der Waals surface area contributed by atoms with Crippen LogP contribution in [-0.4, -0.2) is 62.5 Å². The molecule has 0 saturated carbocycles. The van der Waals surface area contributed by atoms with Gasteiger partial charge in [-0.25, -0.2) is 0 Å². The van der Waals surface area contributed by atoms with Crippen LogP contribution in [0.25, 0.3) is 0 Å². The fourth-order valence-corrected chi connectivity index (χ4v) is 3.90. The van der Waals surface area contributed by atoms with E-state index in [1.165, 1.54) is 4.90 Å². The number of aryl methyl sites for hydroxylation is 1. The molecule has 2 aromatic rings. The van der Waals surface area contributed by atoms with Crippen molar-refractivity contribution in [2.75, 3.05) is 46.2 Å². The van der Waals surface area contributed by atoms with Crippen molar-refractivity contribution in [3.05, 3.63) is 53.6 Å². The van der Waals surface area contributed by atoms with Crippen LogP contribution >= 0.6 is 0 Å². The molecule has 0 aromatic heterocycles. The van der Waals surface area contributed by atoms with Gasteiger partial charge in [-0.05, 0) is 56.6 Å². The minimum Gasteiger partial charge on any atom is -0.497 e. The first-order valence-corrected chi connectivity index (χ1v) is 10.5. The van der Waals surface area contributed by atoms with Gasteiger partial charge in [0.05, 0.1) is 27.3 Å². The van der Waals surface area contributed by atoms with E-state index in [4.69, 9.17) is 9.47 Å². The largest absolute Gasteiger partial charge is 0.497 e. The van der Waals surface area contributed by atoms with Crippen LogP contribution in [0.4, 0.5) is 5.69 Å². The normalized spacial score (nSPS) is 16.1. The molecule has 1 N–H and O–H groups in total. The molecule has 3 rings (SSSR count). The van der Waals surface area contributed by atoms with Crippen molar-refractivity contribution in [2.45, 2.75) is 25.8 Å². The van der Waals surface area contributed by atoms with Crippen molar-refractivity contribution in [3.63, 3.8) is 0 Å². The molecule has 1 heterocycles. The third-order valence-corrected chi connectivity index (χ3v) is 5.64. The van der Waals surface area contributed by atoms with E-state index in [1.807, 2.05) is 49.4 Å². The summed E-state index contributed by atoms with van der Waals surface area (Å²) in [5.41, 5.74) is 2.87. The van der Waals surface area contributed by atoms with Gasteiger partial charge in [0, 0.05) is 24.3 Å². The number of nitrogens with zero attached hydrogens (tertiary/aromatic N) is 2. The topological polar surface area (TPSA) is 71.1 Å². The summed E-state index contributed by atoms with van der Waals surface area (Å²) in [5, 5.41) is 2.83. The number of anilines is 1. The molecule has 7 heteroatoms. The summed E-state index contributed by atoms with van der Waals surface area (Å²) in [6.45, 7) is 3.07. The molecule has 0 bridgehead atoms. The smallest absolute Gasteiger partial charge is 0.243 e. The zero-order valence-electron chi connectivity index (χ0n) is 18.7. The van der Waals surface area contributed by atoms with Gasteiger partial charge in [0.25, 0.3) is 0 Å². The molecule has 0 radical (unpaired) electrons. The average Bonchev–Trinajstić information content (AvgIpc) is 3.22. The SMILES string of the molecule is COc1ccc(OC)c([C@@H]2CCCN2CC(=O)N(C)CC(=O)Nc2ccc(C)cc2)c1. The average molecular weight is 426 g/mol. The van der Waals surface area contributed by atoms with Gasteiger partial charge in [-0.1, -0.05) is 17.7 Å². The Bertz CT molecular complexity index is 914. The Hall–Kier alpha value is -3.06. The lowest BCUT2D eigenvalue weighted by molar-refractivity contribution is -0.134. The van der Waals surface area contributed by atoms with Gasteiger partial charge < -0.3 is 19.7 Å². The number of carbonyl (C=O) groups excluding carboxylic acids is 2. The van der Waals surface area contributed by atoms with E-state index in [-0.39, 0.29) is 30.9 Å². The molecule has 1 aliphatic heterocycles. The first kappa shape index (κ1) is 22.6. The number of methoxy groups -OCH3 is 2. The molecule has 0 aliphatic carbocycles. The molecule has 2 aromatic carbocycles. The number of likely N-dealkylation sites (N-methyl/N-ethyl adjacent to an activating group) is 1. The highest BCUT2D eigenvalue weighted by atomic mass is 16.5. The maximum absolute atomic E-state index is 12.8. The number of rotatable bonds is 8. The molecule has 0 unspecified atom stereocenters. The minimum absolute atomic E-state index is 0.00764. The summed E-state index contributed by atoms with van der Waals surface area (Å²) in [5.74, 6) is 1.25.